The van der Waals surface area contributed by atoms with E-state index >= 15 is 8.78 Å². The number of benzene rings is 2. The summed E-state index contributed by atoms with van der Waals surface area (Å²) in [6, 6.07) is 6.78. The van der Waals surface area contributed by atoms with Crippen LogP contribution >= 0.6 is 0 Å². The number of aromatic nitrogens is 3. The molecule has 0 radical (unpaired) electrons. The van der Waals surface area contributed by atoms with Crippen LogP contribution in [0.4, 0.5) is 29.1 Å². The summed E-state index contributed by atoms with van der Waals surface area (Å²) >= 11 is 0. The molecular weight excluding hydrogens is 626 g/mol. The summed E-state index contributed by atoms with van der Waals surface area (Å²) in [4.78, 5) is 18.2. The summed E-state index contributed by atoms with van der Waals surface area (Å²) in [7, 11) is 0. The van der Waals surface area contributed by atoms with Crippen molar-refractivity contribution in [2.24, 2.45) is 0 Å². The quantitative estimate of drug-likeness (QED) is 0.209. The van der Waals surface area contributed by atoms with E-state index in [0.717, 1.165) is 24.8 Å². The van der Waals surface area contributed by atoms with Crippen molar-refractivity contribution >= 4 is 33.2 Å². The number of hydrogen-bond acceptors (Lipinski definition) is 9. The zero-order valence-corrected chi connectivity index (χ0v) is 26.8. The van der Waals surface area contributed by atoms with Gasteiger partial charge in [-0.1, -0.05) is 25.1 Å². The average molecular weight is 664 g/mol. The fourth-order valence-corrected chi connectivity index (χ4v) is 9.23. The summed E-state index contributed by atoms with van der Waals surface area (Å²) < 4.78 is 74.5. The van der Waals surface area contributed by atoms with Crippen molar-refractivity contribution in [3.63, 3.8) is 0 Å². The van der Waals surface area contributed by atoms with E-state index in [1.807, 2.05) is 19.9 Å². The standard InChI is InChI=1S/C35H37F4N7O2/c1-3-18-6-4-7-20-24(18)21(12-22(40)26(20)36)28-27(37)29-25-31(46-13-19-8-9-23(41-19)30(46)17(2)48-32(25)42-28)44-33(43-29)47-16-34-10-5-11-45(34)15-35(38,39)14-34/h4,6-7,12,17,19,23,30,41H,3,5,8-11,13-16,40H2,1-2H3/t17-,19+,23-,30+,34?/m0/s1. The second-order valence-electron chi connectivity index (χ2n) is 14.2. The van der Waals surface area contributed by atoms with E-state index in [9.17, 15) is 8.78 Å². The topological polar surface area (TPSA) is 102 Å². The number of anilines is 2. The van der Waals surface area contributed by atoms with Crippen LogP contribution in [0.1, 0.15) is 51.5 Å². The van der Waals surface area contributed by atoms with Crippen LogP contribution in [0.5, 0.6) is 11.9 Å². The number of nitrogens with two attached hydrogens (primary N) is 1. The van der Waals surface area contributed by atoms with Crippen molar-refractivity contribution in [2.75, 3.05) is 36.9 Å². The highest BCUT2D eigenvalue weighted by Crippen LogP contribution is 2.48. The second kappa shape index (κ2) is 10.5. The molecule has 0 amide bonds. The van der Waals surface area contributed by atoms with Gasteiger partial charge in [0, 0.05) is 36.0 Å². The third-order valence-corrected chi connectivity index (χ3v) is 11.3. The van der Waals surface area contributed by atoms with Gasteiger partial charge in [0.15, 0.2) is 11.6 Å². The molecule has 252 valence electrons. The first kappa shape index (κ1) is 30.1. The largest absolute Gasteiger partial charge is 0.472 e. The van der Waals surface area contributed by atoms with Crippen LogP contribution in [0.15, 0.2) is 24.3 Å². The number of fused-ring (bicyclic) bond motifs is 7. The van der Waals surface area contributed by atoms with Crippen LogP contribution in [0, 0.1) is 11.6 Å². The molecule has 1 unspecified atom stereocenters. The molecule has 0 spiro atoms. The van der Waals surface area contributed by atoms with E-state index in [4.69, 9.17) is 25.2 Å². The summed E-state index contributed by atoms with van der Waals surface area (Å²) in [5.74, 6) is -3.52. The van der Waals surface area contributed by atoms with E-state index in [-0.39, 0.29) is 78.0 Å². The Hall–Kier alpha value is -3.97. The molecule has 9 rings (SSSR count). The molecule has 2 bridgehead atoms. The minimum absolute atomic E-state index is 0.0396. The predicted octanol–water partition coefficient (Wildman–Crippen LogP) is 5.61. The lowest BCUT2D eigenvalue weighted by Crippen LogP contribution is -2.62. The van der Waals surface area contributed by atoms with Crippen LogP contribution < -0.4 is 25.4 Å². The molecule has 9 nitrogen and oxygen atoms in total. The molecule has 5 atom stereocenters. The van der Waals surface area contributed by atoms with Crippen molar-refractivity contribution < 1.29 is 27.0 Å². The van der Waals surface area contributed by atoms with E-state index in [2.05, 4.69) is 15.2 Å². The summed E-state index contributed by atoms with van der Waals surface area (Å²) in [5.41, 5.74) is 6.19. The number of nitrogen functional groups attached to an aromatic ring is 1. The second-order valence-corrected chi connectivity index (χ2v) is 14.2. The highest BCUT2D eigenvalue weighted by atomic mass is 19.3. The Morgan fingerprint density at radius 1 is 1.12 bits per heavy atom. The Bertz CT molecular complexity index is 1990. The molecule has 4 fully saturated rings. The predicted molar refractivity (Wildman–Crippen MR) is 174 cm³/mol. The molecule has 4 saturated heterocycles. The van der Waals surface area contributed by atoms with Gasteiger partial charge in [0.1, 0.15) is 35.1 Å². The Morgan fingerprint density at radius 3 is 2.81 bits per heavy atom. The van der Waals surface area contributed by atoms with Gasteiger partial charge in [-0.15, -0.1) is 0 Å². The molecule has 7 heterocycles. The maximum atomic E-state index is 17.2. The van der Waals surface area contributed by atoms with E-state index in [1.54, 1.807) is 17.0 Å². The minimum Gasteiger partial charge on any atom is -0.472 e. The monoisotopic (exact) mass is 663 g/mol. The molecule has 2 aromatic carbocycles. The number of halogens is 4. The lowest BCUT2D eigenvalue weighted by molar-refractivity contribution is 0.00803. The Labute approximate surface area is 274 Å². The SMILES string of the molecule is CCc1cccc2c(F)c(N)cc(-c3nc4c5c(nc(OCC67CCCN6CC(F)(F)C7)nc5c3F)N3C[C@H]5CC[C@H](N5)[C@H]3[C@H](C)O4)c12. The number of pyridine rings is 1. The zero-order chi connectivity index (χ0) is 33.1. The van der Waals surface area contributed by atoms with Gasteiger partial charge < -0.3 is 25.4 Å². The number of rotatable bonds is 5. The van der Waals surface area contributed by atoms with E-state index in [0.29, 0.717) is 48.1 Å². The minimum atomic E-state index is -2.81. The Kier molecular flexibility index (Phi) is 6.60. The highest BCUT2D eigenvalue weighted by molar-refractivity contribution is 6.04. The highest BCUT2D eigenvalue weighted by Gasteiger charge is 2.57. The molecular formula is C35H37F4N7O2. The van der Waals surface area contributed by atoms with Crippen molar-refractivity contribution in [2.45, 2.75) is 88.1 Å². The van der Waals surface area contributed by atoms with Gasteiger partial charge in [-0.05, 0) is 62.6 Å². The molecule has 48 heavy (non-hydrogen) atoms. The fraction of sp³-hybridized carbons (Fsp3) is 0.514. The molecule has 0 aliphatic carbocycles. The molecule has 0 saturated carbocycles. The van der Waals surface area contributed by atoms with Crippen molar-refractivity contribution in [1.82, 2.24) is 25.2 Å². The zero-order valence-electron chi connectivity index (χ0n) is 26.8. The Balaban J connectivity index is 1.25. The molecule has 3 N–H and O–H groups in total. The lowest BCUT2D eigenvalue weighted by Gasteiger charge is -2.42. The van der Waals surface area contributed by atoms with Gasteiger partial charge in [0.2, 0.25) is 5.88 Å². The van der Waals surface area contributed by atoms with Crippen LogP contribution in [0.3, 0.4) is 0 Å². The van der Waals surface area contributed by atoms with Crippen molar-refractivity contribution in [1.29, 1.82) is 0 Å². The normalized spacial score (nSPS) is 28.8. The molecule has 4 aromatic rings. The van der Waals surface area contributed by atoms with E-state index in [1.165, 1.54) is 6.07 Å². The first-order chi connectivity index (χ1) is 23.1. The van der Waals surface area contributed by atoms with Gasteiger partial charge in [0.25, 0.3) is 5.92 Å². The van der Waals surface area contributed by atoms with Crippen LogP contribution in [-0.2, 0) is 6.42 Å². The van der Waals surface area contributed by atoms with Crippen LogP contribution in [0.2, 0.25) is 0 Å². The third kappa shape index (κ3) is 4.38. The first-order valence-electron chi connectivity index (χ1n) is 16.9. The van der Waals surface area contributed by atoms with Gasteiger partial charge in [-0.2, -0.15) is 9.97 Å². The first-order valence-corrected chi connectivity index (χ1v) is 16.9. The van der Waals surface area contributed by atoms with Gasteiger partial charge in [0.05, 0.1) is 23.8 Å². The number of nitrogens with zero attached hydrogens (tertiary/aromatic N) is 5. The average Bonchev–Trinajstić information content (AvgIpc) is 3.68. The molecule has 5 aliphatic rings. The summed E-state index contributed by atoms with van der Waals surface area (Å²) in [5, 5.41) is 4.80. The number of alkyl halides is 2. The number of aryl methyl sites for hydroxylation is 1. The third-order valence-electron chi connectivity index (χ3n) is 11.3. The summed E-state index contributed by atoms with van der Waals surface area (Å²) in [6.45, 7) is 4.77. The van der Waals surface area contributed by atoms with Gasteiger partial charge in [-0.3, -0.25) is 4.90 Å². The Morgan fingerprint density at radius 2 is 1.98 bits per heavy atom. The van der Waals surface area contributed by atoms with Gasteiger partial charge in [-0.25, -0.2) is 22.5 Å². The van der Waals surface area contributed by atoms with Gasteiger partial charge >= 0.3 is 6.01 Å². The maximum absolute atomic E-state index is 17.2. The number of hydrogen-bond donors (Lipinski definition) is 2. The maximum Gasteiger partial charge on any atom is 0.319 e. The number of ether oxygens (including phenoxy) is 2. The van der Waals surface area contributed by atoms with Crippen LogP contribution in [-0.4, -0.2) is 81.8 Å². The number of nitrogens with one attached hydrogen (secondary N) is 1. The van der Waals surface area contributed by atoms with Crippen LogP contribution in [0.25, 0.3) is 32.9 Å². The fourth-order valence-electron chi connectivity index (χ4n) is 9.23. The lowest BCUT2D eigenvalue weighted by atomic mass is 9.94. The molecule has 5 aliphatic heterocycles. The number of piperazine rings is 1. The summed E-state index contributed by atoms with van der Waals surface area (Å²) in [6.07, 6.45) is 3.22. The molecule has 13 heteroatoms. The molecule has 2 aromatic heterocycles. The smallest absolute Gasteiger partial charge is 0.319 e. The van der Waals surface area contributed by atoms with Crippen molar-refractivity contribution in [3.05, 3.63) is 41.5 Å². The van der Waals surface area contributed by atoms with E-state index < -0.39 is 23.1 Å². The van der Waals surface area contributed by atoms with Crippen molar-refractivity contribution in [3.8, 4) is 23.1 Å².